The van der Waals surface area contributed by atoms with Gasteiger partial charge in [0.2, 0.25) is 0 Å². The molecule has 0 bridgehead atoms. The van der Waals surface area contributed by atoms with Crippen molar-refractivity contribution in [1.29, 1.82) is 5.41 Å². The molecule has 98 valence electrons. The second-order valence-electron chi connectivity index (χ2n) is 3.65. The molecule has 2 aromatic heterocycles. The summed E-state index contributed by atoms with van der Waals surface area (Å²) < 4.78 is 1.45. The normalized spacial score (nSPS) is 10.3. The summed E-state index contributed by atoms with van der Waals surface area (Å²) in [6.07, 6.45) is 1.66. The molecule has 7 nitrogen and oxygen atoms in total. The number of nitrogens with zero attached hydrogens (tertiary/aromatic N) is 3. The van der Waals surface area contributed by atoms with Gasteiger partial charge in [-0.3, -0.25) is 14.6 Å². The zero-order valence-electron chi connectivity index (χ0n) is 9.91. The van der Waals surface area contributed by atoms with Crippen molar-refractivity contribution < 1.29 is 0 Å². The minimum Gasteiger partial charge on any atom is -0.370 e. The van der Waals surface area contributed by atoms with E-state index >= 15 is 0 Å². The van der Waals surface area contributed by atoms with Gasteiger partial charge in [-0.15, -0.1) is 0 Å². The van der Waals surface area contributed by atoms with Crippen LogP contribution in [0, 0.1) is 5.41 Å². The Kier molecular flexibility index (Phi) is 3.81. The quantitative estimate of drug-likeness (QED) is 0.531. The van der Waals surface area contributed by atoms with E-state index in [9.17, 15) is 4.79 Å². The summed E-state index contributed by atoms with van der Waals surface area (Å²) in [4.78, 5) is 19.7. The smallest absolute Gasteiger partial charge is 0.258 e. The number of thioether (sulfide) groups is 1. The maximum Gasteiger partial charge on any atom is 0.258 e. The van der Waals surface area contributed by atoms with E-state index in [1.54, 1.807) is 24.4 Å². The molecule has 2 aromatic rings. The van der Waals surface area contributed by atoms with Crippen molar-refractivity contribution in [2.24, 2.45) is 16.5 Å². The van der Waals surface area contributed by atoms with Gasteiger partial charge in [0, 0.05) is 18.0 Å². The van der Waals surface area contributed by atoms with Crippen LogP contribution < -0.4 is 17.0 Å². The SMILES string of the molecule is N=C(N=C(N)N)SCc1cc(=O)n2ccccc2n1. The number of aromatic nitrogens is 2. The molecule has 5 N–H and O–H groups in total. The molecule has 8 heteroatoms. The first-order valence-electron chi connectivity index (χ1n) is 5.34. The molecule has 2 heterocycles. The summed E-state index contributed by atoms with van der Waals surface area (Å²) in [6.45, 7) is 0. The molecule has 0 aliphatic rings. The fourth-order valence-electron chi connectivity index (χ4n) is 1.47. The molecular weight excluding hydrogens is 264 g/mol. The summed E-state index contributed by atoms with van der Waals surface area (Å²) in [5, 5.41) is 7.47. The van der Waals surface area contributed by atoms with Crippen LogP contribution in [-0.2, 0) is 5.75 Å². The Morgan fingerprint density at radius 2 is 2.26 bits per heavy atom. The lowest BCUT2D eigenvalue weighted by atomic mass is 10.4. The van der Waals surface area contributed by atoms with Crippen molar-refractivity contribution in [1.82, 2.24) is 9.38 Å². The average Bonchev–Trinajstić information content (AvgIpc) is 2.36. The minimum atomic E-state index is -0.163. The number of hydrogen-bond donors (Lipinski definition) is 3. The van der Waals surface area contributed by atoms with Crippen LogP contribution in [0.5, 0.6) is 0 Å². The fraction of sp³-hybridized carbons (Fsp3) is 0.0909. The van der Waals surface area contributed by atoms with Crippen LogP contribution in [0.25, 0.3) is 5.65 Å². The number of nitrogens with two attached hydrogens (primary N) is 2. The third-order valence-corrected chi connectivity index (χ3v) is 3.02. The molecule has 0 radical (unpaired) electrons. The monoisotopic (exact) mass is 276 g/mol. The molecule has 0 saturated carbocycles. The highest BCUT2D eigenvalue weighted by molar-refractivity contribution is 8.13. The highest BCUT2D eigenvalue weighted by atomic mass is 32.2. The van der Waals surface area contributed by atoms with Crippen molar-refractivity contribution in [3.05, 3.63) is 46.5 Å². The van der Waals surface area contributed by atoms with Crippen molar-refractivity contribution in [2.45, 2.75) is 5.75 Å². The number of hydrogen-bond acceptors (Lipinski definition) is 4. The van der Waals surface area contributed by atoms with Crippen LogP contribution in [0.15, 0.2) is 40.2 Å². The zero-order valence-corrected chi connectivity index (χ0v) is 10.7. The van der Waals surface area contributed by atoms with Gasteiger partial charge in [-0.25, -0.2) is 4.98 Å². The van der Waals surface area contributed by atoms with Crippen LogP contribution in [0.3, 0.4) is 0 Å². The van der Waals surface area contributed by atoms with Gasteiger partial charge in [0.05, 0.1) is 5.69 Å². The summed E-state index contributed by atoms with van der Waals surface area (Å²) >= 11 is 1.10. The summed E-state index contributed by atoms with van der Waals surface area (Å²) in [7, 11) is 0. The van der Waals surface area contributed by atoms with E-state index in [1.807, 2.05) is 0 Å². The van der Waals surface area contributed by atoms with Crippen LogP contribution in [0.4, 0.5) is 0 Å². The van der Waals surface area contributed by atoms with Gasteiger partial charge in [-0.05, 0) is 12.1 Å². The van der Waals surface area contributed by atoms with E-state index in [0.29, 0.717) is 17.1 Å². The molecule has 2 rings (SSSR count). The maximum absolute atomic E-state index is 11.8. The second-order valence-corrected chi connectivity index (χ2v) is 4.61. The third-order valence-electron chi connectivity index (χ3n) is 2.21. The van der Waals surface area contributed by atoms with E-state index in [-0.39, 0.29) is 16.7 Å². The van der Waals surface area contributed by atoms with Crippen molar-refractivity contribution in [3.63, 3.8) is 0 Å². The number of pyridine rings is 1. The van der Waals surface area contributed by atoms with Gasteiger partial charge in [0.15, 0.2) is 11.1 Å². The van der Waals surface area contributed by atoms with Crippen LogP contribution in [0.1, 0.15) is 5.69 Å². The first kappa shape index (κ1) is 13.1. The van der Waals surface area contributed by atoms with Gasteiger partial charge < -0.3 is 11.5 Å². The fourth-order valence-corrected chi connectivity index (χ4v) is 2.07. The topological polar surface area (TPSA) is 123 Å². The Hall–Kier alpha value is -2.35. The third kappa shape index (κ3) is 3.32. The molecular formula is C11H12N6OS. The largest absolute Gasteiger partial charge is 0.370 e. The number of amidine groups is 1. The Balaban J connectivity index is 2.20. The van der Waals surface area contributed by atoms with Gasteiger partial charge >= 0.3 is 0 Å². The number of nitrogens with one attached hydrogen (secondary N) is 1. The molecule has 0 unspecified atom stereocenters. The Morgan fingerprint density at radius 3 is 3.00 bits per heavy atom. The standard InChI is InChI=1S/C11H12N6OS/c12-10(13)16-11(14)19-6-7-5-9(18)17-4-2-1-3-8(17)15-7/h1-5H,6H2,(H5,12,13,14,16). The molecule has 0 spiro atoms. The molecule has 0 saturated heterocycles. The molecule has 0 atom stereocenters. The minimum absolute atomic E-state index is 0.0185. The Labute approximate surface area is 112 Å². The molecule has 0 aromatic carbocycles. The first-order chi connectivity index (χ1) is 9.06. The van der Waals surface area contributed by atoms with Crippen LogP contribution in [0.2, 0.25) is 0 Å². The van der Waals surface area contributed by atoms with Crippen LogP contribution >= 0.6 is 11.8 Å². The van der Waals surface area contributed by atoms with Crippen molar-refractivity contribution in [2.75, 3.05) is 0 Å². The Bertz CT molecular complexity index is 704. The van der Waals surface area contributed by atoms with E-state index in [2.05, 4.69) is 9.98 Å². The number of guanidine groups is 1. The summed E-state index contributed by atoms with van der Waals surface area (Å²) in [5.74, 6) is 0.194. The predicted molar refractivity (Wildman–Crippen MR) is 76.3 cm³/mol. The number of rotatable bonds is 2. The van der Waals surface area contributed by atoms with Gasteiger partial charge in [0.25, 0.3) is 5.56 Å². The van der Waals surface area contributed by atoms with E-state index in [0.717, 1.165) is 11.8 Å². The zero-order chi connectivity index (χ0) is 13.8. The van der Waals surface area contributed by atoms with Gasteiger partial charge in [-0.2, -0.15) is 4.99 Å². The number of aliphatic imine (C=N–C) groups is 1. The lowest BCUT2D eigenvalue weighted by Gasteiger charge is -2.03. The highest BCUT2D eigenvalue weighted by Gasteiger charge is 2.04. The lowest BCUT2D eigenvalue weighted by molar-refractivity contribution is 1.01. The van der Waals surface area contributed by atoms with Crippen LogP contribution in [-0.4, -0.2) is 20.5 Å². The lowest BCUT2D eigenvalue weighted by Crippen LogP contribution is -2.23. The van der Waals surface area contributed by atoms with Gasteiger partial charge in [-0.1, -0.05) is 17.8 Å². The average molecular weight is 276 g/mol. The molecule has 0 amide bonds. The van der Waals surface area contributed by atoms with Gasteiger partial charge in [0.1, 0.15) is 5.65 Å². The molecule has 0 aliphatic heterocycles. The first-order valence-corrected chi connectivity index (χ1v) is 6.33. The maximum atomic E-state index is 11.8. The predicted octanol–water partition coefficient (Wildman–Crippen LogP) is 0.136. The van der Waals surface area contributed by atoms with Crippen molar-refractivity contribution in [3.8, 4) is 0 Å². The highest BCUT2D eigenvalue weighted by Crippen LogP contribution is 2.11. The van der Waals surface area contributed by atoms with E-state index in [1.165, 1.54) is 10.5 Å². The summed E-state index contributed by atoms with van der Waals surface area (Å²) in [6, 6.07) is 6.75. The van der Waals surface area contributed by atoms with Crippen molar-refractivity contribution >= 4 is 28.5 Å². The summed E-state index contributed by atoms with van der Waals surface area (Å²) in [5.41, 5.74) is 11.3. The second kappa shape index (κ2) is 5.53. The molecule has 0 aliphatic carbocycles. The van der Waals surface area contributed by atoms with E-state index in [4.69, 9.17) is 16.9 Å². The number of fused-ring (bicyclic) bond motifs is 1. The molecule has 0 fully saturated rings. The Morgan fingerprint density at radius 1 is 1.47 bits per heavy atom. The van der Waals surface area contributed by atoms with E-state index < -0.39 is 0 Å². The molecule has 19 heavy (non-hydrogen) atoms.